The van der Waals surface area contributed by atoms with E-state index in [9.17, 15) is 4.79 Å². The average molecular weight is 449 g/mol. The molecule has 2 aromatic rings. The number of nitrogens with zero attached hydrogens (tertiary/aromatic N) is 2. The summed E-state index contributed by atoms with van der Waals surface area (Å²) in [5.74, 6) is -0.0250. The lowest BCUT2D eigenvalue weighted by molar-refractivity contribution is 0.0951. The van der Waals surface area contributed by atoms with E-state index in [0.717, 1.165) is 41.9 Å². The van der Waals surface area contributed by atoms with Gasteiger partial charge in [-0.15, -0.1) is 0 Å². The summed E-state index contributed by atoms with van der Waals surface area (Å²) in [6.07, 6.45) is 0. The molecule has 0 aliphatic carbocycles. The van der Waals surface area contributed by atoms with Crippen molar-refractivity contribution in [1.29, 1.82) is 0 Å². The zero-order chi connectivity index (χ0) is 17.6. The first-order valence-corrected chi connectivity index (χ1v) is 9.70. The Labute approximate surface area is 163 Å². The molecular weight excluding hydrogens is 425 g/mol. The van der Waals surface area contributed by atoms with Crippen molar-refractivity contribution in [2.75, 3.05) is 33.2 Å². The smallest absolute Gasteiger partial charge is 0.251 e. The molecule has 1 aliphatic heterocycles. The number of rotatable bonds is 5. The van der Waals surface area contributed by atoms with Crippen molar-refractivity contribution < 1.29 is 4.79 Å². The van der Waals surface area contributed by atoms with Gasteiger partial charge in [-0.25, -0.2) is 0 Å². The number of hydrogen-bond acceptors (Lipinski definition) is 3. The second kappa shape index (κ2) is 8.78. The molecule has 0 radical (unpaired) electrons. The molecule has 5 heteroatoms. The Hall–Kier alpha value is -1.44. The number of piperazine rings is 1. The summed E-state index contributed by atoms with van der Waals surface area (Å²) in [5, 5.41) is 3.02. The summed E-state index contributed by atoms with van der Waals surface area (Å²) < 4.78 is 1.07. The SMILES string of the molecule is CN1CCN(Cc2cccc(CNC(=O)c3cccc(I)c3)c2)CC1. The topological polar surface area (TPSA) is 35.6 Å². The molecule has 1 saturated heterocycles. The number of carbonyl (C=O) groups is 1. The van der Waals surface area contributed by atoms with Gasteiger partial charge >= 0.3 is 0 Å². The van der Waals surface area contributed by atoms with E-state index in [2.05, 4.69) is 69.0 Å². The van der Waals surface area contributed by atoms with Crippen LogP contribution in [0.25, 0.3) is 0 Å². The van der Waals surface area contributed by atoms with Crippen molar-refractivity contribution in [3.05, 3.63) is 68.8 Å². The summed E-state index contributed by atoms with van der Waals surface area (Å²) in [6.45, 7) is 6.03. The summed E-state index contributed by atoms with van der Waals surface area (Å²) in [4.78, 5) is 17.1. The minimum atomic E-state index is -0.0250. The van der Waals surface area contributed by atoms with Crippen molar-refractivity contribution in [2.24, 2.45) is 0 Å². The van der Waals surface area contributed by atoms with E-state index in [1.165, 1.54) is 5.56 Å². The van der Waals surface area contributed by atoms with Crippen molar-refractivity contribution in [3.8, 4) is 0 Å². The first kappa shape index (κ1) is 18.4. The Bertz CT molecular complexity index is 726. The van der Waals surface area contributed by atoms with Crippen molar-refractivity contribution >= 4 is 28.5 Å². The van der Waals surface area contributed by atoms with Crippen LogP contribution in [0.4, 0.5) is 0 Å². The third kappa shape index (κ3) is 5.52. The molecule has 25 heavy (non-hydrogen) atoms. The molecule has 0 unspecified atom stereocenters. The van der Waals surface area contributed by atoms with Crippen LogP contribution in [0.5, 0.6) is 0 Å². The van der Waals surface area contributed by atoms with Crippen LogP contribution in [0.2, 0.25) is 0 Å². The molecule has 1 amide bonds. The molecule has 4 nitrogen and oxygen atoms in total. The molecule has 132 valence electrons. The quantitative estimate of drug-likeness (QED) is 0.714. The Kier molecular flexibility index (Phi) is 6.45. The third-order valence-corrected chi connectivity index (χ3v) is 5.20. The second-order valence-electron chi connectivity index (χ2n) is 6.59. The molecule has 1 fully saturated rings. The number of halogens is 1. The van der Waals surface area contributed by atoms with Crippen molar-refractivity contribution in [2.45, 2.75) is 13.1 Å². The number of carbonyl (C=O) groups excluding carboxylic acids is 1. The fourth-order valence-corrected chi connectivity index (χ4v) is 3.56. The Balaban J connectivity index is 1.55. The zero-order valence-corrected chi connectivity index (χ0v) is 16.7. The highest BCUT2D eigenvalue weighted by atomic mass is 127. The monoisotopic (exact) mass is 449 g/mol. The fraction of sp³-hybridized carbons (Fsp3) is 0.350. The van der Waals surface area contributed by atoms with Gasteiger partial charge in [-0.1, -0.05) is 30.3 Å². The molecule has 0 saturated carbocycles. The van der Waals surface area contributed by atoms with Gasteiger partial charge < -0.3 is 10.2 Å². The lowest BCUT2D eigenvalue weighted by Gasteiger charge is -2.32. The second-order valence-corrected chi connectivity index (χ2v) is 7.84. The van der Waals surface area contributed by atoms with Gasteiger partial charge in [0.25, 0.3) is 5.91 Å². The van der Waals surface area contributed by atoms with Crippen LogP contribution >= 0.6 is 22.6 Å². The maximum absolute atomic E-state index is 12.3. The van der Waals surface area contributed by atoms with Crippen molar-refractivity contribution in [1.82, 2.24) is 15.1 Å². The first-order valence-electron chi connectivity index (χ1n) is 8.62. The first-order chi connectivity index (χ1) is 12.1. The van der Waals surface area contributed by atoms with Crippen LogP contribution in [-0.2, 0) is 13.1 Å². The van der Waals surface area contributed by atoms with E-state index >= 15 is 0 Å². The van der Waals surface area contributed by atoms with E-state index in [-0.39, 0.29) is 5.91 Å². The zero-order valence-electron chi connectivity index (χ0n) is 14.5. The van der Waals surface area contributed by atoms with E-state index < -0.39 is 0 Å². The summed E-state index contributed by atoms with van der Waals surface area (Å²) >= 11 is 2.22. The van der Waals surface area contributed by atoms with Gasteiger partial charge in [-0.05, 0) is 59.0 Å². The Morgan fingerprint density at radius 2 is 1.76 bits per heavy atom. The highest BCUT2D eigenvalue weighted by molar-refractivity contribution is 14.1. The number of benzene rings is 2. The van der Waals surface area contributed by atoms with Gasteiger partial charge in [-0.2, -0.15) is 0 Å². The molecule has 1 aliphatic rings. The Morgan fingerprint density at radius 1 is 1.04 bits per heavy atom. The molecule has 1 N–H and O–H groups in total. The molecule has 1 heterocycles. The molecule has 0 spiro atoms. The predicted molar refractivity (Wildman–Crippen MR) is 110 cm³/mol. The van der Waals surface area contributed by atoms with Crippen LogP contribution in [-0.4, -0.2) is 48.9 Å². The van der Waals surface area contributed by atoms with Crippen LogP contribution in [0, 0.1) is 3.57 Å². The van der Waals surface area contributed by atoms with E-state index in [4.69, 9.17) is 0 Å². The highest BCUT2D eigenvalue weighted by Gasteiger charge is 2.14. The molecular formula is C20H24IN3O. The van der Waals surface area contributed by atoms with E-state index in [1.54, 1.807) is 0 Å². The lowest BCUT2D eigenvalue weighted by atomic mass is 10.1. The standard InChI is InChI=1S/C20H24IN3O/c1-23-8-10-24(11-9-23)15-17-5-2-4-16(12-17)14-22-20(25)18-6-3-7-19(21)13-18/h2-7,12-13H,8-11,14-15H2,1H3,(H,22,25). The number of amides is 1. The van der Waals surface area contributed by atoms with Gasteiger partial charge in [0.05, 0.1) is 0 Å². The van der Waals surface area contributed by atoms with Crippen LogP contribution in [0.1, 0.15) is 21.5 Å². The molecule has 0 bridgehead atoms. The molecule has 3 rings (SSSR count). The number of likely N-dealkylation sites (N-methyl/N-ethyl adjacent to an activating group) is 1. The molecule has 2 aromatic carbocycles. The lowest BCUT2D eigenvalue weighted by Crippen LogP contribution is -2.43. The maximum atomic E-state index is 12.3. The van der Waals surface area contributed by atoms with Crippen LogP contribution in [0.3, 0.4) is 0 Å². The number of hydrogen-bond donors (Lipinski definition) is 1. The van der Waals surface area contributed by atoms with Crippen LogP contribution < -0.4 is 5.32 Å². The minimum Gasteiger partial charge on any atom is -0.348 e. The maximum Gasteiger partial charge on any atom is 0.251 e. The van der Waals surface area contributed by atoms with Crippen LogP contribution in [0.15, 0.2) is 48.5 Å². The Morgan fingerprint density at radius 3 is 2.52 bits per heavy atom. The van der Waals surface area contributed by atoms with Gasteiger partial charge in [-0.3, -0.25) is 9.69 Å². The number of nitrogens with one attached hydrogen (secondary N) is 1. The summed E-state index contributed by atoms with van der Waals surface area (Å²) in [5.41, 5.74) is 3.16. The summed E-state index contributed by atoms with van der Waals surface area (Å²) in [7, 11) is 2.17. The minimum absolute atomic E-state index is 0.0250. The van der Waals surface area contributed by atoms with Gasteiger partial charge in [0.2, 0.25) is 0 Å². The van der Waals surface area contributed by atoms with E-state index in [1.807, 2.05) is 24.3 Å². The van der Waals surface area contributed by atoms with E-state index in [0.29, 0.717) is 12.1 Å². The van der Waals surface area contributed by atoms with Crippen molar-refractivity contribution in [3.63, 3.8) is 0 Å². The largest absolute Gasteiger partial charge is 0.348 e. The molecule has 0 atom stereocenters. The van der Waals surface area contributed by atoms with Gasteiger partial charge in [0.15, 0.2) is 0 Å². The average Bonchev–Trinajstić information content (AvgIpc) is 2.62. The third-order valence-electron chi connectivity index (χ3n) is 4.53. The molecule has 0 aromatic heterocycles. The van der Waals surface area contributed by atoms with Gasteiger partial charge in [0, 0.05) is 48.4 Å². The fourth-order valence-electron chi connectivity index (χ4n) is 3.02. The normalized spacial score (nSPS) is 15.9. The van der Waals surface area contributed by atoms with Gasteiger partial charge in [0.1, 0.15) is 0 Å². The predicted octanol–water partition coefficient (Wildman–Crippen LogP) is 2.97. The highest BCUT2D eigenvalue weighted by Crippen LogP contribution is 2.11. The summed E-state index contributed by atoms with van der Waals surface area (Å²) in [6, 6.07) is 16.2.